The molecule has 1 amide bonds. The van der Waals surface area contributed by atoms with E-state index in [4.69, 9.17) is 5.41 Å². The maximum atomic E-state index is 15.0. The first kappa shape index (κ1) is 21.3. The quantitative estimate of drug-likeness (QED) is 0.597. The van der Waals surface area contributed by atoms with E-state index < -0.39 is 5.82 Å². The average Bonchev–Trinajstić information content (AvgIpc) is 3.12. The molecule has 0 aliphatic carbocycles. The molecule has 2 aromatic carbocycles. The van der Waals surface area contributed by atoms with Gasteiger partial charge in [0.25, 0.3) is 0 Å². The lowest BCUT2D eigenvalue weighted by Gasteiger charge is -2.22. The average molecular weight is 431 g/mol. The van der Waals surface area contributed by atoms with E-state index in [-0.39, 0.29) is 35.2 Å². The van der Waals surface area contributed by atoms with Gasteiger partial charge in [0, 0.05) is 43.0 Å². The Kier molecular flexibility index (Phi) is 6.02. The summed E-state index contributed by atoms with van der Waals surface area (Å²) >= 11 is 0. The van der Waals surface area contributed by atoms with Crippen LogP contribution < -0.4 is 10.3 Å². The Labute approximate surface area is 184 Å². The molecule has 1 aliphatic rings. The first-order chi connectivity index (χ1) is 15.5. The Morgan fingerprint density at radius 2 is 2.00 bits per heavy atom. The van der Waals surface area contributed by atoms with Crippen LogP contribution in [0.3, 0.4) is 0 Å². The van der Waals surface area contributed by atoms with E-state index in [0.29, 0.717) is 23.5 Å². The summed E-state index contributed by atoms with van der Waals surface area (Å²) in [5.41, 5.74) is 1.26. The molecule has 1 fully saturated rings. The zero-order chi connectivity index (χ0) is 22.7. The summed E-state index contributed by atoms with van der Waals surface area (Å²) in [6.07, 6.45) is 3.83. The lowest BCUT2D eigenvalue weighted by Crippen LogP contribution is -2.30. The van der Waals surface area contributed by atoms with Gasteiger partial charge >= 0.3 is 0 Å². The van der Waals surface area contributed by atoms with Crippen LogP contribution in [-0.2, 0) is 4.79 Å². The Morgan fingerprint density at radius 1 is 1.22 bits per heavy atom. The molecule has 1 saturated heterocycles. The summed E-state index contributed by atoms with van der Waals surface area (Å²) < 4.78 is 16.3. The number of aromatic nitrogens is 2. The van der Waals surface area contributed by atoms with E-state index >= 15 is 4.39 Å². The zero-order valence-corrected chi connectivity index (χ0v) is 17.5. The van der Waals surface area contributed by atoms with E-state index in [0.717, 1.165) is 12.6 Å². The minimum Gasteiger partial charge on any atom is -0.313 e. The number of aliphatic imine (C=N–C) groups is 1. The smallest absolute Gasteiger partial charge is 0.227 e. The number of anilines is 1. The van der Waals surface area contributed by atoms with Crippen LogP contribution in [0.2, 0.25) is 0 Å². The normalized spacial score (nSPS) is 16.4. The van der Waals surface area contributed by atoms with E-state index in [1.165, 1.54) is 29.1 Å². The highest BCUT2D eigenvalue weighted by molar-refractivity contribution is 6.06. The molecule has 32 heavy (non-hydrogen) atoms. The second-order valence-electron chi connectivity index (χ2n) is 7.56. The van der Waals surface area contributed by atoms with Crippen LogP contribution in [0.1, 0.15) is 31.9 Å². The van der Waals surface area contributed by atoms with Gasteiger partial charge in [-0.05, 0) is 43.7 Å². The van der Waals surface area contributed by atoms with E-state index in [1.807, 2.05) is 25.1 Å². The SMILES string of the molecule is CC1CCC(=O)N1c1ccc(-n2ccc(=O)c(C(CC=N)=Nc3ccccc3)n2)c(F)c1. The lowest BCUT2D eigenvalue weighted by molar-refractivity contribution is -0.117. The maximum Gasteiger partial charge on any atom is 0.227 e. The van der Waals surface area contributed by atoms with Gasteiger partial charge < -0.3 is 10.3 Å². The van der Waals surface area contributed by atoms with Crippen LogP contribution in [0.25, 0.3) is 5.69 Å². The van der Waals surface area contributed by atoms with Gasteiger partial charge in [-0.25, -0.2) is 9.07 Å². The number of halogens is 1. The Bertz CT molecular complexity index is 1250. The number of nitrogens with one attached hydrogen (secondary N) is 1. The predicted molar refractivity (Wildman–Crippen MR) is 122 cm³/mol. The van der Waals surface area contributed by atoms with Gasteiger partial charge in [0.15, 0.2) is 11.5 Å². The Hall–Kier alpha value is -3.94. The fourth-order valence-corrected chi connectivity index (χ4v) is 3.75. The second kappa shape index (κ2) is 9.05. The van der Waals surface area contributed by atoms with E-state index in [2.05, 4.69) is 10.1 Å². The van der Waals surface area contributed by atoms with Crippen LogP contribution in [0.5, 0.6) is 0 Å². The highest BCUT2D eigenvalue weighted by atomic mass is 19.1. The summed E-state index contributed by atoms with van der Waals surface area (Å²) in [6.45, 7) is 1.93. The molecule has 1 aromatic heterocycles. The number of carbonyl (C=O) groups is 1. The molecule has 162 valence electrons. The number of rotatable bonds is 6. The number of hydrogen-bond donors (Lipinski definition) is 1. The predicted octanol–water partition coefficient (Wildman–Crippen LogP) is 4.05. The van der Waals surface area contributed by atoms with Crippen molar-refractivity contribution in [2.75, 3.05) is 4.90 Å². The minimum absolute atomic E-state index is 0.0164. The number of benzene rings is 2. The highest BCUT2D eigenvalue weighted by Gasteiger charge is 2.29. The van der Waals surface area contributed by atoms with Crippen LogP contribution >= 0.6 is 0 Å². The molecular formula is C24H22FN5O2. The Morgan fingerprint density at radius 3 is 2.66 bits per heavy atom. The van der Waals surface area contributed by atoms with Gasteiger partial charge in [0.1, 0.15) is 5.69 Å². The standard InChI is InChI=1S/C24H22FN5O2/c1-16-7-10-23(32)30(16)18-8-9-21(19(25)15-18)29-14-12-22(31)24(28-29)20(11-13-26)27-17-5-3-2-4-6-17/h2-6,8-9,12-16,26H,7,10-11H2,1H3. The third kappa shape index (κ3) is 4.25. The van der Waals surface area contributed by atoms with Crippen LogP contribution in [0.15, 0.2) is 70.6 Å². The maximum absolute atomic E-state index is 15.0. The van der Waals surface area contributed by atoms with E-state index in [1.54, 1.807) is 23.1 Å². The van der Waals surface area contributed by atoms with Crippen molar-refractivity contribution in [3.05, 3.63) is 82.5 Å². The van der Waals surface area contributed by atoms with Crippen LogP contribution in [0, 0.1) is 11.2 Å². The summed E-state index contributed by atoms with van der Waals surface area (Å²) in [5, 5.41) is 11.8. The molecule has 7 nitrogen and oxygen atoms in total. The fourth-order valence-electron chi connectivity index (χ4n) is 3.75. The van der Waals surface area contributed by atoms with Gasteiger partial charge in [-0.2, -0.15) is 5.10 Å². The molecule has 0 radical (unpaired) electrons. The lowest BCUT2D eigenvalue weighted by atomic mass is 10.2. The molecule has 0 saturated carbocycles. The molecular weight excluding hydrogens is 409 g/mol. The molecule has 1 N–H and O–H groups in total. The molecule has 2 heterocycles. The second-order valence-corrected chi connectivity index (χ2v) is 7.56. The van der Waals surface area contributed by atoms with Gasteiger partial charge in [-0.15, -0.1) is 0 Å². The van der Waals surface area contributed by atoms with Crippen molar-refractivity contribution < 1.29 is 9.18 Å². The van der Waals surface area contributed by atoms with Crippen molar-refractivity contribution in [2.24, 2.45) is 4.99 Å². The summed E-state index contributed by atoms with van der Waals surface area (Å²) in [7, 11) is 0. The number of carbonyl (C=O) groups excluding carboxylic acids is 1. The molecule has 1 aliphatic heterocycles. The van der Waals surface area contributed by atoms with Gasteiger partial charge in [0.2, 0.25) is 11.3 Å². The van der Waals surface area contributed by atoms with Crippen molar-refractivity contribution in [1.29, 1.82) is 5.41 Å². The first-order valence-electron chi connectivity index (χ1n) is 10.3. The van der Waals surface area contributed by atoms with Crippen molar-refractivity contribution in [3.8, 4) is 5.69 Å². The third-order valence-electron chi connectivity index (χ3n) is 5.34. The van der Waals surface area contributed by atoms with Gasteiger partial charge in [-0.1, -0.05) is 18.2 Å². The molecule has 3 aromatic rings. The third-order valence-corrected chi connectivity index (χ3v) is 5.34. The van der Waals surface area contributed by atoms with Crippen molar-refractivity contribution in [3.63, 3.8) is 0 Å². The number of hydrogen-bond acceptors (Lipinski definition) is 5. The van der Waals surface area contributed by atoms with Gasteiger partial charge in [0.05, 0.1) is 11.4 Å². The van der Waals surface area contributed by atoms with Crippen molar-refractivity contribution >= 4 is 29.2 Å². The van der Waals surface area contributed by atoms with Crippen LogP contribution in [0.4, 0.5) is 15.8 Å². The molecule has 0 bridgehead atoms. The van der Waals surface area contributed by atoms with Crippen molar-refractivity contribution in [1.82, 2.24) is 9.78 Å². The topological polar surface area (TPSA) is 91.4 Å². The number of para-hydroxylation sites is 1. The molecule has 8 heteroatoms. The summed E-state index contributed by atoms with van der Waals surface area (Å²) in [4.78, 5) is 30.7. The van der Waals surface area contributed by atoms with Crippen molar-refractivity contribution in [2.45, 2.75) is 32.2 Å². The number of nitrogens with zero attached hydrogens (tertiary/aromatic N) is 4. The molecule has 1 unspecified atom stereocenters. The highest BCUT2D eigenvalue weighted by Crippen LogP contribution is 2.28. The summed E-state index contributed by atoms with van der Waals surface area (Å²) in [6, 6.07) is 14.9. The largest absolute Gasteiger partial charge is 0.313 e. The number of amides is 1. The molecule has 0 spiro atoms. The zero-order valence-electron chi connectivity index (χ0n) is 17.5. The van der Waals surface area contributed by atoms with E-state index in [9.17, 15) is 9.59 Å². The monoisotopic (exact) mass is 431 g/mol. The fraction of sp³-hybridized carbons (Fsp3) is 0.208. The minimum atomic E-state index is -0.565. The first-order valence-corrected chi connectivity index (χ1v) is 10.3. The molecule has 4 rings (SSSR count). The Balaban J connectivity index is 1.74. The van der Waals surface area contributed by atoms with Crippen LogP contribution in [-0.4, -0.2) is 33.7 Å². The molecule has 1 atom stereocenters. The van der Waals surface area contributed by atoms with Gasteiger partial charge in [-0.3, -0.25) is 14.6 Å². The summed E-state index contributed by atoms with van der Waals surface area (Å²) in [5.74, 6) is -0.591.